The van der Waals surface area contributed by atoms with Crippen LogP contribution in [0.4, 0.5) is 0 Å². The first-order valence-electron chi connectivity index (χ1n) is 9.69. The Balaban J connectivity index is 1.44. The smallest absolute Gasteiger partial charge is 0.266 e. The Morgan fingerprint density at radius 1 is 1.21 bits per heavy atom. The molecule has 7 heteroatoms. The number of amides is 2. The van der Waals surface area contributed by atoms with Crippen LogP contribution < -0.4 is 0 Å². The minimum Gasteiger partial charge on any atom is -0.457 e. The van der Waals surface area contributed by atoms with E-state index in [1.807, 2.05) is 47.4 Å². The number of benzene rings is 1. The predicted molar refractivity (Wildman–Crippen MR) is 119 cm³/mol. The lowest BCUT2D eigenvalue weighted by Gasteiger charge is -2.31. The number of hydrogen-bond donors (Lipinski definition) is 0. The molecule has 4 rings (SSSR count). The quantitative estimate of drug-likeness (QED) is 0.536. The van der Waals surface area contributed by atoms with Gasteiger partial charge in [0.25, 0.3) is 5.91 Å². The molecule has 2 aromatic rings. The summed E-state index contributed by atoms with van der Waals surface area (Å²) in [4.78, 5) is 29.1. The summed E-state index contributed by atoms with van der Waals surface area (Å²) in [7, 11) is 0. The van der Waals surface area contributed by atoms with Crippen molar-refractivity contribution in [2.24, 2.45) is 5.92 Å². The normalized spacial score (nSPS) is 19.4. The van der Waals surface area contributed by atoms with Gasteiger partial charge in [-0.15, -0.1) is 0 Å². The fraction of sp³-hybridized carbons (Fsp3) is 0.318. The van der Waals surface area contributed by atoms with Gasteiger partial charge in [-0.05, 0) is 30.9 Å². The van der Waals surface area contributed by atoms with Gasteiger partial charge in [0.1, 0.15) is 22.4 Å². The molecular weight excluding hydrogens is 404 g/mol. The highest BCUT2D eigenvalue weighted by Gasteiger charge is 2.35. The van der Waals surface area contributed by atoms with Gasteiger partial charge < -0.3 is 9.32 Å². The molecule has 0 unspecified atom stereocenters. The molecule has 0 saturated carbocycles. The van der Waals surface area contributed by atoms with E-state index in [1.54, 1.807) is 6.08 Å². The maximum atomic E-state index is 12.8. The summed E-state index contributed by atoms with van der Waals surface area (Å²) in [6, 6.07) is 13.5. The van der Waals surface area contributed by atoms with Gasteiger partial charge in [-0.25, -0.2) is 0 Å². The van der Waals surface area contributed by atoms with Crippen LogP contribution in [0.15, 0.2) is 51.8 Å². The van der Waals surface area contributed by atoms with Gasteiger partial charge in [0.2, 0.25) is 5.91 Å². The van der Waals surface area contributed by atoms with E-state index in [1.165, 1.54) is 16.7 Å². The molecule has 0 bridgehead atoms. The van der Waals surface area contributed by atoms with Crippen molar-refractivity contribution in [3.8, 4) is 11.3 Å². The van der Waals surface area contributed by atoms with Crippen LogP contribution >= 0.6 is 24.0 Å². The van der Waals surface area contributed by atoms with Crippen molar-refractivity contribution in [2.75, 3.05) is 19.6 Å². The number of likely N-dealkylation sites (tertiary alicyclic amines) is 1. The Bertz CT molecular complexity index is 959. The topological polar surface area (TPSA) is 53.8 Å². The number of piperidine rings is 1. The molecule has 5 nitrogen and oxygen atoms in total. The Labute approximate surface area is 179 Å². The average molecular weight is 427 g/mol. The van der Waals surface area contributed by atoms with E-state index in [-0.39, 0.29) is 18.4 Å². The standard InChI is InChI=1S/C22H22N2O3S2/c1-15-9-11-23(12-10-15)20(25)14-24-21(26)19(29-22(24)28)13-17-7-8-18(27-17)16-5-3-2-4-6-16/h2-8,13,15H,9-12,14H2,1H3/b19-13-. The molecule has 2 fully saturated rings. The third-order valence-electron chi connectivity index (χ3n) is 5.26. The van der Waals surface area contributed by atoms with Gasteiger partial charge in [-0.1, -0.05) is 61.2 Å². The Hall–Kier alpha value is -2.38. The minimum atomic E-state index is -0.239. The first-order valence-corrected chi connectivity index (χ1v) is 10.9. The highest BCUT2D eigenvalue weighted by Crippen LogP contribution is 2.33. The Morgan fingerprint density at radius 3 is 2.66 bits per heavy atom. The predicted octanol–water partition coefficient (Wildman–Crippen LogP) is 4.41. The van der Waals surface area contributed by atoms with Crippen LogP contribution in [0.2, 0.25) is 0 Å². The Morgan fingerprint density at radius 2 is 1.93 bits per heavy atom. The van der Waals surface area contributed by atoms with Crippen molar-refractivity contribution < 1.29 is 14.0 Å². The fourth-order valence-corrected chi connectivity index (χ4v) is 4.68. The molecule has 2 aliphatic heterocycles. The number of rotatable bonds is 4. The zero-order chi connectivity index (χ0) is 20.4. The molecule has 3 heterocycles. The SMILES string of the molecule is CC1CCN(C(=O)CN2C(=O)/C(=C/c3ccc(-c4ccccc4)o3)SC2=S)CC1. The second-order valence-corrected chi connectivity index (χ2v) is 9.07. The lowest BCUT2D eigenvalue weighted by atomic mass is 9.99. The van der Waals surface area contributed by atoms with E-state index in [9.17, 15) is 9.59 Å². The zero-order valence-corrected chi connectivity index (χ0v) is 17.8. The van der Waals surface area contributed by atoms with Crippen molar-refractivity contribution in [3.05, 3.63) is 53.1 Å². The van der Waals surface area contributed by atoms with Crippen LogP contribution in [0.5, 0.6) is 0 Å². The van der Waals surface area contributed by atoms with Gasteiger partial charge in [-0.3, -0.25) is 14.5 Å². The number of hydrogen-bond acceptors (Lipinski definition) is 5. The number of nitrogens with zero attached hydrogens (tertiary/aromatic N) is 2. The van der Waals surface area contributed by atoms with Crippen molar-refractivity contribution >= 4 is 46.2 Å². The van der Waals surface area contributed by atoms with E-state index >= 15 is 0 Å². The molecular formula is C22H22N2O3S2. The third kappa shape index (κ3) is 4.46. The van der Waals surface area contributed by atoms with Crippen LogP contribution in [0.25, 0.3) is 17.4 Å². The first kappa shape index (κ1) is 19.9. The molecule has 2 aliphatic rings. The van der Waals surface area contributed by atoms with E-state index in [4.69, 9.17) is 16.6 Å². The van der Waals surface area contributed by atoms with Gasteiger partial charge >= 0.3 is 0 Å². The molecule has 0 spiro atoms. The molecule has 0 N–H and O–H groups in total. The van der Waals surface area contributed by atoms with Crippen LogP contribution in [0.3, 0.4) is 0 Å². The minimum absolute atomic E-state index is 0.00378. The number of furan rings is 1. The van der Waals surface area contributed by atoms with Crippen LogP contribution in [-0.4, -0.2) is 45.6 Å². The fourth-order valence-electron chi connectivity index (χ4n) is 3.45. The van der Waals surface area contributed by atoms with E-state index in [0.29, 0.717) is 20.9 Å². The van der Waals surface area contributed by atoms with Crippen LogP contribution in [-0.2, 0) is 9.59 Å². The van der Waals surface area contributed by atoms with Gasteiger partial charge in [-0.2, -0.15) is 0 Å². The molecule has 1 aromatic heterocycles. The molecule has 150 valence electrons. The van der Waals surface area contributed by atoms with Gasteiger partial charge in [0.15, 0.2) is 0 Å². The molecule has 0 atom stereocenters. The number of carbonyl (C=O) groups excluding carboxylic acids is 2. The van der Waals surface area contributed by atoms with Crippen molar-refractivity contribution in [2.45, 2.75) is 19.8 Å². The van der Waals surface area contributed by atoms with Crippen molar-refractivity contribution in [3.63, 3.8) is 0 Å². The summed E-state index contributed by atoms with van der Waals surface area (Å²) in [6.07, 6.45) is 3.71. The maximum Gasteiger partial charge on any atom is 0.266 e. The molecule has 1 aromatic carbocycles. The van der Waals surface area contributed by atoms with E-state index in [0.717, 1.165) is 37.3 Å². The van der Waals surface area contributed by atoms with Crippen molar-refractivity contribution in [1.82, 2.24) is 9.80 Å². The number of thiocarbonyl (C=S) groups is 1. The number of thioether (sulfide) groups is 1. The molecule has 0 radical (unpaired) electrons. The summed E-state index contributed by atoms with van der Waals surface area (Å²) in [5.74, 6) is 1.69. The molecule has 29 heavy (non-hydrogen) atoms. The molecule has 0 aliphatic carbocycles. The van der Waals surface area contributed by atoms with Crippen molar-refractivity contribution in [1.29, 1.82) is 0 Å². The first-order chi connectivity index (χ1) is 14.0. The van der Waals surface area contributed by atoms with E-state index in [2.05, 4.69) is 6.92 Å². The number of carbonyl (C=O) groups is 2. The average Bonchev–Trinajstić information content (AvgIpc) is 3.30. The molecule has 2 saturated heterocycles. The zero-order valence-electron chi connectivity index (χ0n) is 16.2. The summed E-state index contributed by atoms with van der Waals surface area (Å²) in [6.45, 7) is 3.70. The lowest BCUT2D eigenvalue weighted by Crippen LogP contribution is -2.45. The monoisotopic (exact) mass is 426 g/mol. The van der Waals surface area contributed by atoms with E-state index < -0.39 is 0 Å². The maximum absolute atomic E-state index is 12.8. The highest BCUT2D eigenvalue weighted by atomic mass is 32.2. The van der Waals surface area contributed by atoms with Gasteiger partial charge in [0, 0.05) is 24.7 Å². The summed E-state index contributed by atoms with van der Waals surface area (Å²) < 4.78 is 6.27. The Kier molecular flexibility index (Phi) is 5.87. The second-order valence-electron chi connectivity index (χ2n) is 7.40. The van der Waals surface area contributed by atoms with Crippen LogP contribution in [0.1, 0.15) is 25.5 Å². The third-order valence-corrected chi connectivity index (χ3v) is 6.64. The second kappa shape index (κ2) is 8.55. The lowest BCUT2D eigenvalue weighted by molar-refractivity contribution is -0.136. The largest absolute Gasteiger partial charge is 0.457 e. The highest BCUT2D eigenvalue weighted by molar-refractivity contribution is 8.26. The van der Waals surface area contributed by atoms with Crippen LogP contribution in [0, 0.1) is 5.92 Å². The summed E-state index contributed by atoms with van der Waals surface area (Å²) in [5, 5.41) is 0. The summed E-state index contributed by atoms with van der Waals surface area (Å²) in [5.41, 5.74) is 0.973. The summed E-state index contributed by atoms with van der Waals surface area (Å²) >= 11 is 6.57. The van der Waals surface area contributed by atoms with Gasteiger partial charge in [0.05, 0.1) is 4.91 Å². The molecule has 2 amide bonds.